The molecule has 0 aromatic heterocycles. The Hall–Kier alpha value is -1.91. The van der Waals surface area contributed by atoms with Crippen LogP contribution in [0.25, 0.3) is 0 Å². The number of hydrogen-bond acceptors (Lipinski definition) is 4. The predicted octanol–water partition coefficient (Wildman–Crippen LogP) is 1.29. The summed E-state index contributed by atoms with van der Waals surface area (Å²) in [6.45, 7) is 0.771. The van der Waals surface area contributed by atoms with Gasteiger partial charge in [-0.25, -0.2) is 8.42 Å². The molecule has 0 spiro atoms. The summed E-state index contributed by atoms with van der Waals surface area (Å²) in [4.78, 5) is 11.2. The van der Waals surface area contributed by atoms with Crippen molar-refractivity contribution in [2.45, 2.75) is 17.7 Å². The second-order valence-corrected chi connectivity index (χ2v) is 7.92. The molecule has 22 heavy (non-hydrogen) atoms. The first-order valence-electron chi connectivity index (χ1n) is 7.15. The summed E-state index contributed by atoms with van der Waals surface area (Å²) in [7, 11) is -3.57. The molecule has 116 valence electrons. The van der Waals surface area contributed by atoms with E-state index in [2.05, 4.69) is 0 Å². The number of nitriles is 1. The van der Waals surface area contributed by atoms with Gasteiger partial charge in [-0.2, -0.15) is 9.57 Å². The van der Waals surface area contributed by atoms with Crippen LogP contribution in [0.4, 0.5) is 0 Å². The number of fused-ring (bicyclic) bond motifs is 1. The average molecular weight is 320 g/mol. The third kappa shape index (κ3) is 2.49. The molecule has 0 radical (unpaired) electrons. The van der Waals surface area contributed by atoms with Crippen LogP contribution in [0.15, 0.2) is 29.2 Å². The Morgan fingerprint density at radius 2 is 1.73 bits per heavy atom. The Balaban J connectivity index is 1.76. The van der Waals surface area contributed by atoms with Crippen LogP contribution in [0.5, 0.6) is 0 Å². The van der Waals surface area contributed by atoms with Gasteiger partial charge in [0.05, 0.1) is 22.4 Å². The van der Waals surface area contributed by atoms with Gasteiger partial charge in [0.25, 0.3) is 0 Å². The highest BCUT2D eigenvalue weighted by atomic mass is 32.2. The van der Waals surface area contributed by atoms with Crippen molar-refractivity contribution >= 4 is 16.0 Å². The summed E-state index contributed by atoms with van der Waals surface area (Å²) in [6.07, 6.45) is 1.11. The second kappa shape index (κ2) is 5.38. The van der Waals surface area contributed by atoms with E-state index in [1.165, 1.54) is 28.6 Å². The van der Waals surface area contributed by atoms with E-state index in [0.717, 1.165) is 0 Å². The van der Waals surface area contributed by atoms with E-state index in [9.17, 15) is 13.2 Å². The summed E-state index contributed by atoms with van der Waals surface area (Å²) >= 11 is 0. The van der Waals surface area contributed by atoms with Crippen LogP contribution >= 0.6 is 0 Å². The number of carboxylic acids is 1. The summed E-state index contributed by atoms with van der Waals surface area (Å²) in [5, 5.41) is 17.8. The number of carbonyl (C=O) groups is 1. The molecule has 7 heteroatoms. The second-order valence-electron chi connectivity index (χ2n) is 5.98. The molecule has 1 saturated carbocycles. The lowest BCUT2D eigenvalue weighted by molar-refractivity contribution is -0.141. The van der Waals surface area contributed by atoms with Gasteiger partial charge in [-0.15, -0.1) is 0 Å². The van der Waals surface area contributed by atoms with Gasteiger partial charge in [-0.05, 0) is 48.9 Å². The molecule has 0 amide bonds. The fourth-order valence-corrected chi connectivity index (χ4v) is 5.06. The first kappa shape index (κ1) is 15.0. The molecular formula is C15H16N2O4S. The van der Waals surface area contributed by atoms with Crippen LogP contribution in [0.2, 0.25) is 0 Å². The van der Waals surface area contributed by atoms with Gasteiger partial charge >= 0.3 is 5.97 Å². The summed E-state index contributed by atoms with van der Waals surface area (Å²) in [5.74, 6) is -0.853. The molecule has 6 nitrogen and oxygen atoms in total. The number of rotatable bonds is 3. The molecule has 3 rings (SSSR count). The molecule has 2 fully saturated rings. The van der Waals surface area contributed by atoms with Crippen molar-refractivity contribution in [1.29, 1.82) is 5.26 Å². The van der Waals surface area contributed by atoms with Crippen LogP contribution in [0.1, 0.15) is 18.4 Å². The van der Waals surface area contributed by atoms with Gasteiger partial charge in [0, 0.05) is 13.1 Å². The quantitative estimate of drug-likeness (QED) is 0.905. The minimum Gasteiger partial charge on any atom is -0.481 e. The number of aliphatic carboxylic acids is 1. The zero-order valence-electron chi connectivity index (χ0n) is 11.8. The van der Waals surface area contributed by atoms with Crippen molar-refractivity contribution in [3.8, 4) is 6.07 Å². The highest BCUT2D eigenvalue weighted by Gasteiger charge is 2.46. The van der Waals surface area contributed by atoms with Crippen molar-refractivity contribution < 1.29 is 18.3 Å². The maximum atomic E-state index is 12.6. The number of carboxylic acid groups (broad SMARTS) is 1. The zero-order chi connectivity index (χ0) is 15.9. The summed E-state index contributed by atoms with van der Waals surface area (Å²) < 4.78 is 26.7. The minimum atomic E-state index is -3.57. The minimum absolute atomic E-state index is 0.134. The number of hydrogen-bond donors (Lipinski definition) is 1. The summed E-state index contributed by atoms with van der Waals surface area (Å²) in [6, 6.07) is 7.83. The van der Waals surface area contributed by atoms with E-state index in [4.69, 9.17) is 10.4 Å². The maximum absolute atomic E-state index is 12.6. The lowest BCUT2D eigenvalue weighted by Crippen LogP contribution is -2.30. The van der Waals surface area contributed by atoms with Crippen molar-refractivity contribution in [3.05, 3.63) is 29.8 Å². The Labute approximate surface area is 129 Å². The molecule has 1 saturated heterocycles. The van der Waals surface area contributed by atoms with Crippen molar-refractivity contribution in [3.63, 3.8) is 0 Å². The first-order chi connectivity index (χ1) is 10.4. The number of sulfonamides is 1. The largest absolute Gasteiger partial charge is 0.481 e. The van der Waals surface area contributed by atoms with Gasteiger partial charge in [0.1, 0.15) is 0 Å². The molecule has 1 N–H and O–H groups in total. The van der Waals surface area contributed by atoms with Crippen molar-refractivity contribution in [2.75, 3.05) is 13.1 Å². The van der Waals surface area contributed by atoms with Crippen LogP contribution in [0.3, 0.4) is 0 Å². The van der Waals surface area contributed by atoms with E-state index in [1.807, 2.05) is 6.07 Å². The lowest BCUT2D eigenvalue weighted by Gasteiger charge is -2.18. The molecule has 1 aliphatic carbocycles. The van der Waals surface area contributed by atoms with Crippen molar-refractivity contribution in [2.24, 2.45) is 17.8 Å². The standard InChI is InChI=1S/C15H16N2O4S/c16-7-10-1-3-14(4-2-10)22(20,21)17-8-12-5-11(15(18)19)6-13(12)9-17/h1-4,11-13H,5-6,8-9H2,(H,18,19)/t11?,12-,13+. The van der Waals surface area contributed by atoms with Crippen LogP contribution in [0, 0.1) is 29.1 Å². The highest BCUT2D eigenvalue weighted by Crippen LogP contribution is 2.43. The average Bonchev–Trinajstić information content (AvgIpc) is 3.06. The van der Waals surface area contributed by atoms with Gasteiger partial charge in [-0.1, -0.05) is 0 Å². The molecule has 2 aliphatic rings. The monoisotopic (exact) mass is 320 g/mol. The molecule has 1 aliphatic heterocycles. The fourth-order valence-electron chi connectivity index (χ4n) is 3.51. The number of nitrogens with zero attached hydrogens (tertiary/aromatic N) is 2. The third-order valence-corrected chi connectivity index (χ3v) is 6.53. The summed E-state index contributed by atoms with van der Waals surface area (Å²) in [5.41, 5.74) is 0.418. The smallest absolute Gasteiger partial charge is 0.306 e. The SMILES string of the molecule is N#Cc1ccc(S(=O)(=O)N2C[C@H]3CC(C(=O)O)C[C@H]3C2)cc1. The maximum Gasteiger partial charge on any atom is 0.306 e. The Bertz CT molecular complexity index is 722. The molecule has 1 aromatic rings. The van der Waals surface area contributed by atoms with Crippen LogP contribution in [-0.4, -0.2) is 36.9 Å². The molecule has 1 aromatic carbocycles. The van der Waals surface area contributed by atoms with Gasteiger partial charge < -0.3 is 5.11 Å². The molecule has 1 heterocycles. The molecule has 1 unspecified atom stereocenters. The van der Waals surface area contributed by atoms with Crippen LogP contribution in [-0.2, 0) is 14.8 Å². The van der Waals surface area contributed by atoms with E-state index in [1.54, 1.807) is 0 Å². The normalized spacial score (nSPS) is 28.2. The fraction of sp³-hybridized carbons (Fsp3) is 0.467. The number of benzene rings is 1. The van der Waals surface area contributed by atoms with E-state index in [-0.39, 0.29) is 22.6 Å². The van der Waals surface area contributed by atoms with E-state index < -0.39 is 16.0 Å². The van der Waals surface area contributed by atoms with E-state index in [0.29, 0.717) is 31.5 Å². The Morgan fingerprint density at radius 3 is 2.18 bits per heavy atom. The topological polar surface area (TPSA) is 98.5 Å². The van der Waals surface area contributed by atoms with Crippen LogP contribution < -0.4 is 0 Å². The van der Waals surface area contributed by atoms with E-state index >= 15 is 0 Å². The third-order valence-electron chi connectivity index (χ3n) is 4.69. The molecule has 3 atom stereocenters. The Kier molecular flexibility index (Phi) is 3.67. The first-order valence-corrected chi connectivity index (χ1v) is 8.59. The van der Waals surface area contributed by atoms with Gasteiger partial charge in [0.15, 0.2) is 0 Å². The van der Waals surface area contributed by atoms with Crippen molar-refractivity contribution in [1.82, 2.24) is 4.31 Å². The molecule has 0 bridgehead atoms. The zero-order valence-corrected chi connectivity index (χ0v) is 12.7. The predicted molar refractivity (Wildman–Crippen MR) is 77.3 cm³/mol. The molecular weight excluding hydrogens is 304 g/mol. The highest BCUT2D eigenvalue weighted by molar-refractivity contribution is 7.89. The van der Waals surface area contributed by atoms with Gasteiger partial charge in [-0.3, -0.25) is 4.79 Å². The van der Waals surface area contributed by atoms with Gasteiger partial charge in [0.2, 0.25) is 10.0 Å². The Morgan fingerprint density at radius 1 is 1.18 bits per heavy atom. The lowest BCUT2D eigenvalue weighted by atomic mass is 10.0.